The average Bonchev–Trinajstić information content (AvgIpc) is 2.81. The van der Waals surface area contributed by atoms with Gasteiger partial charge in [-0.15, -0.1) is 11.3 Å². The van der Waals surface area contributed by atoms with Crippen LogP contribution in [0, 0.1) is 0 Å². The second-order valence-electron chi connectivity index (χ2n) is 3.24. The highest BCUT2D eigenvalue weighted by Crippen LogP contribution is 2.07. The Balaban J connectivity index is 2.54. The van der Waals surface area contributed by atoms with Crippen molar-refractivity contribution in [2.75, 3.05) is 0 Å². The number of carbonyl (C=O) groups is 1. The molecule has 0 aliphatic carbocycles. The van der Waals surface area contributed by atoms with Crippen molar-refractivity contribution in [3.05, 3.63) is 16.6 Å². The number of oxime groups is 1. The van der Waals surface area contributed by atoms with Crippen LogP contribution in [-0.2, 0) is 0 Å². The highest BCUT2D eigenvalue weighted by molar-refractivity contribution is 7.11. The molecule has 1 unspecified atom stereocenters. The second-order valence-corrected chi connectivity index (χ2v) is 4.13. The molecule has 1 aromatic heterocycles. The summed E-state index contributed by atoms with van der Waals surface area (Å²) in [4.78, 5) is 16.0. The van der Waals surface area contributed by atoms with E-state index in [9.17, 15) is 4.79 Å². The third kappa shape index (κ3) is 3.50. The first-order chi connectivity index (χ1) is 7.67. The third-order valence-corrected chi connectivity index (χ3v) is 2.84. The van der Waals surface area contributed by atoms with E-state index in [1.165, 1.54) is 17.5 Å². The third-order valence-electron chi connectivity index (χ3n) is 2.07. The zero-order chi connectivity index (χ0) is 12.0. The van der Waals surface area contributed by atoms with Crippen LogP contribution in [0.5, 0.6) is 0 Å². The summed E-state index contributed by atoms with van der Waals surface area (Å²) >= 11 is 1.27. The Morgan fingerprint density at radius 3 is 3.06 bits per heavy atom. The summed E-state index contributed by atoms with van der Waals surface area (Å²) in [5, 5.41) is 14.1. The molecule has 0 aliphatic heterocycles. The highest BCUT2D eigenvalue weighted by Gasteiger charge is 2.14. The molecule has 0 spiro atoms. The lowest BCUT2D eigenvalue weighted by Gasteiger charge is -2.15. The molecule has 7 heteroatoms. The van der Waals surface area contributed by atoms with E-state index >= 15 is 0 Å². The predicted molar refractivity (Wildman–Crippen MR) is 61.7 cm³/mol. The number of rotatable bonds is 5. The molecule has 1 heterocycles. The number of nitrogens with zero attached hydrogens (tertiary/aromatic N) is 2. The van der Waals surface area contributed by atoms with Gasteiger partial charge in [0.15, 0.2) is 0 Å². The zero-order valence-electron chi connectivity index (χ0n) is 8.88. The van der Waals surface area contributed by atoms with Crippen molar-refractivity contribution in [1.29, 1.82) is 0 Å². The largest absolute Gasteiger partial charge is 0.409 e. The van der Waals surface area contributed by atoms with Gasteiger partial charge in [-0.3, -0.25) is 9.78 Å². The maximum Gasteiger partial charge on any atom is 0.263 e. The lowest BCUT2D eigenvalue weighted by molar-refractivity contribution is 0.0941. The quantitative estimate of drug-likeness (QED) is 0.307. The van der Waals surface area contributed by atoms with E-state index in [-0.39, 0.29) is 17.8 Å². The van der Waals surface area contributed by atoms with Crippen LogP contribution in [0.25, 0.3) is 0 Å². The normalized spacial score (nSPS) is 13.4. The van der Waals surface area contributed by atoms with E-state index in [1.807, 2.05) is 6.92 Å². The van der Waals surface area contributed by atoms with Crippen molar-refractivity contribution in [2.24, 2.45) is 10.9 Å². The first kappa shape index (κ1) is 12.4. The number of hydrogen-bond donors (Lipinski definition) is 3. The minimum absolute atomic E-state index is 0.108. The number of nitrogens with two attached hydrogens (primary N) is 1. The maximum absolute atomic E-state index is 11.7. The number of aromatic nitrogens is 1. The lowest BCUT2D eigenvalue weighted by atomic mass is 10.1. The highest BCUT2D eigenvalue weighted by atomic mass is 32.1. The van der Waals surface area contributed by atoms with Gasteiger partial charge in [0.05, 0.1) is 11.7 Å². The van der Waals surface area contributed by atoms with Gasteiger partial charge in [-0.25, -0.2) is 0 Å². The number of hydrogen-bond acceptors (Lipinski definition) is 5. The molecule has 88 valence electrons. The fourth-order valence-electron chi connectivity index (χ4n) is 1.18. The molecular formula is C9H14N4O2S. The summed E-state index contributed by atoms with van der Waals surface area (Å²) in [6.07, 6.45) is 2.55. The van der Waals surface area contributed by atoms with Gasteiger partial charge in [-0.05, 0) is 6.42 Å². The number of carbonyl (C=O) groups excluding carboxylic acids is 1. The van der Waals surface area contributed by atoms with Crippen LogP contribution in [0.4, 0.5) is 0 Å². The summed E-state index contributed by atoms with van der Waals surface area (Å²) in [6.45, 7) is 1.92. The fourth-order valence-corrected chi connectivity index (χ4v) is 1.70. The maximum atomic E-state index is 11.7. The summed E-state index contributed by atoms with van der Waals surface area (Å²) < 4.78 is 0. The van der Waals surface area contributed by atoms with E-state index in [1.54, 1.807) is 5.51 Å². The molecule has 16 heavy (non-hydrogen) atoms. The van der Waals surface area contributed by atoms with Gasteiger partial charge in [0.25, 0.3) is 5.91 Å². The Bertz CT molecular complexity index is 364. The van der Waals surface area contributed by atoms with E-state index in [4.69, 9.17) is 10.9 Å². The smallest absolute Gasteiger partial charge is 0.263 e. The molecule has 0 saturated heterocycles. The van der Waals surface area contributed by atoms with Gasteiger partial charge >= 0.3 is 0 Å². The Labute approximate surface area is 97.2 Å². The molecule has 1 aromatic rings. The van der Waals surface area contributed by atoms with Gasteiger partial charge in [-0.2, -0.15) is 0 Å². The Morgan fingerprint density at radius 1 is 1.81 bits per heavy atom. The van der Waals surface area contributed by atoms with E-state index < -0.39 is 0 Å². The van der Waals surface area contributed by atoms with Crippen molar-refractivity contribution in [2.45, 2.75) is 25.8 Å². The topological polar surface area (TPSA) is 101 Å². The van der Waals surface area contributed by atoms with Crippen molar-refractivity contribution in [3.63, 3.8) is 0 Å². The first-order valence-corrected chi connectivity index (χ1v) is 5.71. The summed E-state index contributed by atoms with van der Waals surface area (Å²) in [5.74, 6) is -0.0726. The predicted octanol–water partition coefficient (Wildman–Crippen LogP) is 0.788. The van der Waals surface area contributed by atoms with Crippen LogP contribution < -0.4 is 11.1 Å². The zero-order valence-corrected chi connectivity index (χ0v) is 9.70. The van der Waals surface area contributed by atoms with E-state index in [0.717, 1.165) is 0 Å². The molecule has 0 saturated carbocycles. The Kier molecular flexibility index (Phi) is 4.71. The van der Waals surface area contributed by atoms with Gasteiger partial charge in [-0.1, -0.05) is 12.1 Å². The standard InChI is InChI=1S/C9H14N4O2S/c1-2-6(3-8(10)13-15)12-9(14)7-4-11-5-16-7/h4-6,15H,2-3H2,1H3,(H2,10,13)(H,12,14). The summed E-state index contributed by atoms with van der Waals surface area (Å²) in [6, 6.07) is -0.134. The number of amidine groups is 1. The molecule has 0 aliphatic rings. The van der Waals surface area contributed by atoms with Crippen LogP contribution in [0.1, 0.15) is 29.4 Å². The van der Waals surface area contributed by atoms with Gasteiger partial charge < -0.3 is 16.3 Å². The fraction of sp³-hybridized carbons (Fsp3) is 0.444. The minimum atomic E-state index is -0.180. The van der Waals surface area contributed by atoms with Crippen molar-refractivity contribution >= 4 is 23.1 Å². The summed E-state index contributed by atoms with van der Waals surface area (Å²) in [7, 11) is 0. The minimum Gasteiger partial charge on any atom is -0.409 e. The van der Waals surface area contributed by atoms with Gasteiger partial charge in [0, 0.05) is 12.5 Å². The van der Waals surface area contributed by atoms with Crippen molar-refractivity contribution in [1.82, 2.24) is 10.3 Å². The Hall–Kier alpha value is -1.63. The van der Waals surface area contributed by atoms with Crippen molar-refractivity contribution < 1.29 is 10.0 Å². The van der Waals surface area contributed by atoms with Crippen LogP contribution in [0.15, 0.2) is 16.9 Å². The van der Waals surface area contributed by atoms with Crippen LogP contribution in [0.2, 0.25) is 0 Å². The molecule has 0 aromatic carbocycles. The first-order valence-electron chi connectivity index (χ1n) is 4.83. The SMILES string of the molecule is CCC(CC(N)=NO)NC(=O)c1cncs1. The summed E-state index contributed by atoms with van der Waals surface area (Å²) in [5.41, 5.74) is 6.98. The van der Waals surface area contributed by atoms with Crippen LogP contribution in [0.3, 0.4) is 0 Å². The van der Waals surface area contributed by atoms with Gasteiger partial charge in [0.1, 0.15) is 10.7 Å². The molecule has 0 radical (unpaired) electrons. The number of thiazole rings is 1. The molecule has 1 rings (SSSR count). The van der Waals surface area contributed by atoms with E-state index in [2.05, 4.69) is 15.5 Å². The molecule has 1 amide bonds. The second kappa shape index (κ2) is 6.06. The van der Waals surface area contributed by atoms with Crippen LogP contribution in [-0.4, -0.2) is 28.0 Å². The van der Waals surface area contributed by atoms with Gasteiger partial charge in [0.2, 0.25) is 0 Å². The monoisotopic (exact) mass is 242 g/mol. The lowest BCUT2D eigenvalue weighted by Crippen LogP contribution is -2.37. The molecule has 0 fully saturated rings. The average molecular weight is 242 g/mol. The Morgan fingerprint density at radius 2 is 2.56 bits per heavy atom. The molecular weight excluding hydrogens is 228 g/mol. The molecule has 1 atom stereocenters. The molecule has 6 nitrogen and oxygen atoms in total. The number of nitrogens with one attached hydrogen (secondary N) is 1. The molecule has 0 bridgehead atoms. The van der Waals surface area contributed by atoms with Crippen molar-refractivity contribution in [3.8, 4) is 0 Å². The van der Waals surface area contributed by atoms with E-state index in [0.29, 0.717) is 17.7 Å². The van der Waals surface area contributed by atoms with Crippen LogP contribution >= 0.6 is 11.3 Å². The molecule has 4 N–H and O–H groups in total. The number of amides is 1.